The van der Waals surface area contributed by atoms with Crippen LogP contribution in [0.25, 0.3) is 0 Å². The van der Waals surface area contributed by atoms with Crippen LogP contribution < -0.4 is 5.32 Å². The zero-order chi connectivity index (χ0) is 14.8. The molecule has 1 N–H and O–H groups in total. The van der Waals surface area contributed by atoms with E-state index in [1.165, 1.54) is 23.3 Å². The molecule has 0 spiro atoms. The van der Waals surface area contributed by atoms with Crippen molar-refractivity contribution in [2.45, 2.75) is 25.7 Å². The highest BCUT2D eigenvalue weighted by Gasteiger charge is 2.15. The summed E-state index contributed by atoms with van der Waals surface area (Å²) in [7, 11) is 0. The number of nitrogens with one attached hydrogen (secondary N) is 1. The largest absolute Gasteiger partial charge is 0.316 e. The smallest absolute Gasteiger partial charge is 0.159 e. The summed E-state index contributed by atoms with van der Waals surface area (Å²) in [6, 6.07) is 10.6. The fourth-order valence-corrected chi connectivity index (χ4v) is 2.98. The number of fused-ring (bicyclic) bond motifs is 1. The van der Waals surface area contributed by atoms with Crippen molar-refractivity contribution in [1.29, 1.82) is 0 Å². The van der Waals surface area contributed by atoms with E-state index in [0.717, 1.165) is 30.6 Å². The number of halogens is 2. The van der Waals surface area contributed by atoms with Crippen LogP contribution in [0.2, 0.25) is 0 Å². The zero-order valence-electron chi connectivity index (χ0n) is 12.1. The third-order valence-corrected chi connectivity index (χ3v) is 4.16. The molecule has 0 fully saturated rings. The summed E-state index contributed by atoms with van der Waals surface area (Å²) < 4.78 is 26.3. The van der Waals surface area contributed by atoms with Gasteiger partial charge in [-0.2, -0.15) is 0 Å². The molecule has 0 amide bonds. The van der Waals surface area contributed by atoms with Gasteiger partial charge in [0.2, 0.25) is 0 Å². The van der Waals surface area contributed by atoms with Crippen LogP contribution in [0, 0.1) is 11.6 Å². The molecule has 1 heterocycles. The molecule has 21 heavy (non-hydrogen) atoms. The van der Waals surface area contributed by atoms with Gasteiger partial charge in [-0.1, -0.05) is 31.2 Å². The summed E-state index contributed by atoms with van der Waals surface area (Å²) in [5, 5.41) is 3.44. The Morgan fingerprint density at radius 2 is 1.81 bits per heavy atom. The van der Waals surface area contributed by atoms with Crippen molar-refractivity contribution in [3.05, 3.63) is 70.3 Å². The van der Waals surface area contributed by atoms with Gasteiger partial charge in [-0.25, -0.2) is 8.78 Å². The van der Waals surface area contributed by atoms with E-state index in [1.807, 2.05) is 0 Å². The molecule has 0 radical (unpaired) electrons. The second-order valence-corrected chi connectivity index (χ2v) is 5.81. The highest BCUT2D eigenvalue weighted by atomic mass is 19.2. The van der Waals surface area contributed by atoms with Gasteiger partial charge in [-0.15, -0.1) is 0 Å². The molecule has 0 saturated heterocycles. The van der Waals surface area contributed by atoms with Crippen LogP contribution in [-0.4, -0.2) is 13.1 Å². The van der Waals surface area contributed by atoms with Crippen molar-refractivity contribution in [2.75, 3.05) is 13.1 Å². The first-order valence-electron chi connectivity index (χ1n) is 7.40. The first kappa shape index (κ1) is 14.2. The van der Waals surface area contributed by atoms with Crippen LogP contribution in [-0.2, 0) is 12.8 Å². The van der Waals surface area contributed by atoms with E-state index in [-0.39, 0.29) is 0 Å². The van der Waals surface area contributed by atoms with Crippen molar-refractivity contribution in [2.24, 2.45) is 0 Å². The van der Waals surface area contributed by atoms with Gasteiger partial charge in [0.15, 0.2) is 11.6 Å². The van der Waals surface area contributed by atoms with E-state index in [0.29, 0.717) is 12.3 Å². The molecular weight excluding hydrogens is 268 g/mol. The molecule has 1 aliphatic heterocycles. The molecule has 1 aliphatic rings. The molecule has 0 bridgehead atoms. The summed E-state index contributed by atoms with van der Waals surface area (Å²) in [4.78, 5) is 0. The molecule has 0 saturated carbocycles. The minimum Gasteiger partial charge on any atom is -0.316 e. The number of hydrogen-bond acceptors (Lipinski definition) is 1. The lowest BCUT2D eigenvalue weighted by Crippen LogP contribution is -2.18. The van der Waals surface area contributed by atoms with E-state index in [2.05, 4.69) is 30.4 Å². The molecule has 3 heteroatoms. The molecular formula is C18H19F2N. The Bertz CT molecular complexity index is 652. The Kier molecular flexibility index (Phi) is 4.02. The summed E-state index contributed by atoms with van der Waals surface area (Å²) in [5.41, 5.74) is 4.71. The molecule has 2 aromatic carbocycles. The predicted octanol–water partition coefficient (Wildman–Crippen LogP) is 3.80. The lowest BCUT2D eigenvalue weighted by atomic mass is 9.91. The Hall–Kier alpha value is -1.74. The second kappa shape index (κ2) is 5.94. The van der Waals surface area contributed by atoms with Crippen molar-refractivity contribution in [3.63, 3.8) is 0 Å². The van der Waals surface area contributed by atoms with Gasteiger partial charge < -0.3 is 5.32 Å². The SMILES string of the molecule is C[C@@H]1CNCCc2ccc(Cc3ccc(F)c(F)c3)cc21. The second-order valence-electron chi connectivity index (χ2n) is 5.81. The van der Waals surface area contributed by atoms with E-state index in [9.17, 15) is 8.78 Å². The number of rotatable bonds is 2. The Morgan fingerprint density at radius 3 is 2.62 bits per heavy atom. The molecule has 0 unspecified atom stereocenters. The normalized spacial score (nSPS) is 18.1. The van der Waals surface area contributed by atoms with Crippen LogP contribution >= 0.6 is 0 Å². The van der Waals surface area contributed by atoms with E-state index in [4.69, 9.17) is 0 Å². The van der Waals surface area contributed by atoms with Crippen LogP contribution in [0.4, 0.5) is 8.78 Å². The molecule has 2 aromatic rings. The topological polar surface area (TPSA) is 12.0 Å². The zero-order valence-corrected chi connectivity index (χ0v) is 12.1. The predicted molar refractivity (Wildman–Crippen MR) is 80.6 cm³/mol. The van der Waals surface area contributed by atoms with Gasteiger partial charge >= 0.3 is 0 Å². The minimum absolute atomic E-state index is 0.479. The summed E-state index contributed by atoms with van der Waals surface area (Å²) in [6.45, 7) is 4.22. The molecule has 1 nitrogen and oxygen atoms in total. The average Bonchev–Trinajstić information content (AvgIpc) is 2.65. The molecule has 1 atom stereocenters. The summed E-state index contributed by atoms with van der Waals surface area (Å²) in [5.74, 6) is -1.09. The molecule has 110 valence electrons. The maximum atomic E-state index is 13.3. The van der Waals surface area contributed by atoms with Gasteiger partial charge in [0.05, 0.1) is 0 Å². The minimum atomic E-state index is -0.791. The van der Waals surface area contributed by atoms with Gasteiger partial charge in [-0.05, 0) is 59.7 Å². The van der Waals surface area contributed by atoms with Crippen LogP contribution in [0.1, 0.15) is 35.1 Å². The average molecular weight is 287 g/mol. The number of benzene rings is 2. The van der Waals surface area contributed by atoms with E-state index < -0.39 is 11.6 Å². The monoisotopic (exact) mass is 287 g/mol. The lowest BCUT2D eigenvalue weighted by Gasteiger charge is -2.14. The summed E-state index contributed by atoms with van der Waals surface area (Å²) >= 11 is 0. The van der Waals surface area contributed by atoms with Crippen molar-refractivity contribution in [1.82, 2.24) is 5.32 Å². The van der Waals surface area contributed by atoms with Crippen LogP contribution in [0.15, 0.2) is 36.4 Å². The first-order chi connectivity index (χ1) is 10.1. The van der Waals surface area contributed by atoms with Crippen LogP contribution in [0.5, 0.6) is 0 Å². The fourth-order valence-electron chi connectivity index (χ4n) is 2.98. The third-order valence-electron chi connectivity index (χ3n) is 4.16. The molecule has 0 aliphatic carbocycles. The standard InChI is InChI=1S/C18H19F2N/c1-12-11-21-7-6-15-4-2-13(9-16(12)15)8-14-3-5-17(19)18(20)10-14/h2-5,9-10,12,21H,6-8,11H2,1H3/t12-/m1/s1. The molecule has 0 aromatic heterocycles. The Balaban J connectivity index is 1.87. The summed E-state index contributed by atoms with van der Waals surface area (Å²) in [6.07, 6.45) is 1.68. The van der Waals surface area contributed by atoms with Gasteiger partial charge in [0, 0.05) is 6.54 Å². The lowest BCUT2D eigenvalue weighted by molar-refractivity contribution is 0.507. The Morgan fingerprint density at radius 1 is 1.05 bits per heavy atom. The highest BCUT2D eigenvalue weighted by molar-refractivity contribution is 5.38. The van der Waals surface area contributed by atoms with Crippen molar-refractivity contribution >= 4 is 0 Å². The first-order valence-corrected chi connectivity index (χ1v) is 7.40. The quantitative estimate of drug-likeness (QED) is 0.886. The Labute approximate surface area is 124 Å². The van der Waals surface area contributed by atoms with Crippen LogP contribution in [0.3, 0.4) is 0 Å². The maximum Gasteiger partial charge on any atom is 0.159 e. The maximum absolute atomic E-state index is 13.3. The fraction of sp³-hybridized carbons (Fsp3) is 0.333. The van der Waals surface area contributed by atoms with Gasteiger partial charge in [-0.3, -0.25) is 0 Å². The van der Waals surface area contributed by atoms with Crippen molar-refractivity contribution < 1.29 is 8.78 Å². The molecule has 3 rings (SSSR count). The highest BCUT2D eigenvalue weighted by Crippen LogP contribution is 2.25. The number of hydrogen-bond donors (Lipinski definition) is 1. The van der Waals surface area contributed by atoms with Crippen molar-refractivity contribution in [3.8, 4) is 0 Å². The third kappa shape index (κ3) is 3.13. The van der Waals surface area contributed by atoms with E-state index >= 15 is 0 Å². The van der Waals surface area contributed by atoms with Gasteiger partial charge in [0.1, 0.15) is 0 Å². The van der Waals surface area contributed by atoms with E-state index in [1.54, 1.807) is 6.07 Å². The van der Waals surface area contributed by atoms with Gasteiger partial charge in [0.25, 0.3) is 0 Å².